The van der Waals surface area contributed by atoms with Crippen LogP contribution in [-0.2, 0) is 9.59 Å². The first-order chi connectivity index (χ1) is 12.2. The quantitative estimate of drug-likeness (QED) is 0.862. The first-order valence-electron chi connectivity index (χ1n) is 8.47. The number of rotatable bonds is 6. The van der Waals surface area contributed by atoms with Crippen LogP contribution in [0.15, 0.2) is 29.6 Å². The maximum absolute atomic E-state index is 12.0. The molecule has 0 spiro atoms. The predicted octanol–water partition coefficient (Wildman–Crippen LogP) is 3.16. The van der Waals surface area contributed by atoms with E-state index < -0.39 is 0 Å². The number of carbonyl (C=O) groups excluding carboxylic acids is 2. The monoisotopic (exact) mass is 357 g/mol. The van der Waals surface area contributed by atoms with Crippen molar-refractivity contribution in [2.75, 3.05) is 23.4 Å². The molecule has 1 aromatic heterocycles. The molecular formula is C18H19N3O3S. The summed E-state index contributed by atoms with van der Waals surface area (Å²) in [6.45, 7) is 0.693. The van der Waals surface area contributed by atoms with E-state index in [1.54, 1.807) is 17.0 Å². The smallest absolute Gasteiger partial charge is 0.264 e. The fraction of sp³-hybridized carbons (Fsp3) is 0.389. The molecule has 130 valence electrons. The minimum atomic E-state index is -0.226. The number of nitrogens with zero attached hydrogens (tertiary/aromatic N) is 2. The van der Waals surface area contributed by atoms with Gasteiger partial charge in [0.15, 0.2) is 11.7 Å². The highest BCUT2D eigenvalue weighted by molar-refractivity contribution is 7.13. The van der Waals surface area contributed by atoms with Crippen LogP contribution in [0.25, 0.3) is 0 Å². The molecule has 1 saturated carbocycles. The second-order valence-electron chi connectivity index (χ2n) is 6.33. The van der Waals surface area contributed by atoms with Gasteiger partial charge < -0.3 is 9.64 Å². The second-order valence-corrected chi connectivity index (χ2v) is 7.19. The van der Waals surface area contributed by atoms with Gasteiger partial charge in [-0.2, -0.15) is 0 Å². The van der Waals surface area contributed by atoms with Gasteiger partial charge in [-0.3, -0.25) is 14.9 Å². The van der Waals surface area contributed by atoms with Crippen LogP contribution >= 0.6 is 11.3 Å². The molecule has 0 radical (unpaired) electrons. The summed E-state index contributed by atoms with van der Waals surface area (Å²) in [5, 5.41) is 5.40. The fourth-order valence-corrected chi connectivity index (χ4v) is 3.67. The second kappa shape index (κ2) is 6.84. The number of thiazole rings is 1. The number of nitrogens with one attached hydrogen (secondary N) is 1. The predicted molar refractivity (Wildman–Crippen MR) is 96.2 cm³/mol. The van der Waals surface area contributed by atoms with E-state index in [9.17, 15) is 9.59 Å². The Morgan fingerprint density at radius 1 is 1.32 bits per heavy atom. The van der Waals surface area contributed by atoms with Gasteiger partial charge in [0.25, 0.3) is 5.91 Å². The molecule has 1 aliphatic carbocycles. The number of carbonyl (C=O) groups is 2. The summed E-state index contributed by atoms with van der Waals surface area (Å²) in [6.07, 6.45) is 3.90. The molecule has 1 aliphatic heterocycles. The summed E-state index contributed by atoms with van der Waals surface area (Å²) < 4.78 is 5.51. The van der Waals surface area contributed by atoms with E-state index in [2.05, 4.69) is 10.3 Å². The summed E-state index contributed by atoms with van der Waals surface area (Å²) >= 11 is 1.45. The van der Waals surface area contributed by atoms with Crippen molar-refractivity contribution < 1.29 is 14.3 Å². The van der Waals surface area contributed by atoms with E-state index in [0.717, 1.165) is 24.3 Å². The van der Waals surface area contributed by atoms with Crippen LogP contribution in [0.5, 0.6) is 5.75 Å². The van der Waals surface area contributed by atoms with Gasteiger partial charge in [-0.15, -0.1) is 11.3 Å². The molecule has 2 aliphatic rings. The standard InChI is InChI=1S/C18H19N3O3S/c22-16(20-18-19-15(11-25-18)12-3-4-12)10-24-14-7-5-13(6-8-14)21-9-1-2-17(21)23/h5-8,11-12H,1-4,9-10H2,(H,19,20,22). The molecule has 6 nitrogen and oxygen atoms in total. The highest BCUT2D eigenvalue weighted by Crippen LogP contribution is 2.40. The minimum absolute atomic E-state index is 0.0691. The minimum Gasteiger partial charge on any atom is -0.484 e. The Labute approximate surface area is 149 Å². The summed E-state index contributed by atoms with van der Waals surface area (Å²) in [4.78, 5) is 29.9. The van der Waals surface area contributed by atoms with Gasteiger partial charge in [0, 0.05) is 30.0 Å². The number of aromatic nitrogens is 1. The van der Waals surface area contributed by atoms with E-state index in [0.29, 0.717) is 23.2 Å². The maximum atomic E-state index is 12.0. The van der Waals surface area contributed by atoms with Crippen molar-refractivity contribution in [2.24, 2.45) is 0 Å². The van der Waals surface area contributed by atoms with Gasteiger partial charge >= 0.3 is 0 Å². The largest absolute Gasteiger partial charge is 0.484 e. The SMILES string of the molecule is O=C(COc1ccc(N2CCCC2=O)cc1)Nc1nc(C2CC2)cs1. The Kier molecular flexibility index (Phi) is 4.40. The Bertz CT molecular complexity index is 783. The van der Waals surface area contributed by atoms with Crippen LogP contribution in [0.4, 0.5) is 10.8 Å². The third-order valence-corrected chi connectivity index (χ3v) is 5.13. The van der Waals surface area contributed by atoms with Gasteiger partial charge in [0.1, 0.15) is 5.75 Å². The van der Waals surface area contributed by atoms with Crippen molar-refractivity contribution in [3.8, 4) is 5.75 Å². The Morgan fingerprint density at radius 3 is 2.80 bits per heavy atom. The van der Waals surface area contributed by atoms with Gasteiger partial charge in [-0.25, -0.2) is 4.98 Å². The average Bonchev–Trinajstić information content (AvgIpc) is 3.22. The lowest BCUT2D eigenvalue weighted by Crippen LogP contribution is -2.23. The van der Waals surface area contributed by atoms with Crippen LogP contribution in [-0.4, -0.2) is 29.9 Å². The normalized spacial score (nSPS) is 17.0. The van der Waals surface area contributed by atoms with Crippen molar-refractivity contribution in [2.45, 2.75) is 31.6 Å². The highest BCUT2D eigenvalue weighted by atomic mass is 32.1. The number of benzene rings is 1. The lowest BCUT2D eigenvalue weighted by molar-refractivity contribution is -0.118. The van der Waals surface area contributed by atoms with Crippen molar-refractivity contribution in [1.82, 2.24) is 4.98 Å². The fourth-order valence-electron chi connectivity index (χ4n) is 2.86. The average molecular weight is 357 g/mol. The van der Waals surface area contributed by atoms with Crippen molar-refractivity contribution in [1.29, 1.82) is 0 Å². The molecule has 0 bridgehead atoms. The van der Waals surface area contributed by atoms with Crippen LogP contribution in [0.1, 0.15) is 37.3 Å². The first-order valence-corrected chi connectivity index (χ1v) is 9.35. The molecule has 2 aromatic rings. The Morgan fingerprint density at radius 2 is 2.12 bits per heavy atom. The van der Waals surface area contributed by atoms with E-state index in [1.807, 2.05) is 17.5 Å². The molecule has 25 heavy (non-hydrogen) atoms. The van der Waals surface area contributed by atoms with Crippen LogP contribution < -0.4 is 15.0 Å². The zero-order valence-electron chi connectivity index (χ0n) is 13.7. The number of hydrogen-bond acceptors (Lipinski definition) is 5. The first kappa shape index (κ1) is 16.1. The van der Waals surface area contributed by atoms with Crippen molar-refractivity contribution in [3.05, 3.63) is 35.3 Å². The van der Waals surface area contributed by atoms with Gasteiger partial charge in [0.05, 0.1) is 5.69 Å². The van der Waals surface area contributed by atoms with Crippen LogP contribution in [0.3, 0.4) is 0 Å². The number of amides is 2. The molecule has 2 amide bonds. The molecule has 0 atom stereocenters. The third kappa shape index (κ3) is 3.82. The zero-order chi connectivity index (χ0) is 17.2. The van der Waals surface area contributed by atoms with Crippen LogP contribution in [0.2, 0.25) is 0 Å². The summed E-state index contributed by atoms with van der Waals surface area (Å²) in [5.74, 6) is 1.11. The Balaban J connectivity index is 1.28. The topological polar surface area (TPSA) is 71.5 Å². The lowest BCUT2D eigenvalue weighted by atomic mass is 10.3. The maximum Gasteiger partial charge on any atom is 0.264 e. The number of hydrogen-bond donors (Lipinski definition) is 1. The summed E-state index contributed by atoms with van der Waals surface area (Å²) in [5.41, 5.74) is 1.95. The van der Waals surface area contributed by atoms with Gasteiger partial charge in [-0.1, -0.05) is 0 Å². The van der Waals surface area contributed by atoms with E-state index in [4.69, 9.17) is 4.74 Å². The third-order valence-electron chi connectivity index (χ3n) is 4.36. The van der Waals surface area contributed by atoms with Crippen molar-refractivity contribution >= 4 is 34.0 Å². The van der Waals surface area contributed by atoms with Gasteiger partial charge in [-0.05, 0) is 43.5 Å². The van der Waals surface area contributed by atoms with E-state index >= 15 is 0 Å². The lowest BCUT2D eigenvalue weighted by Gasteiger charge is -2.16. The molecular weight excluding hydrogens is 338 g/mol. The molecule has 1 aromatic carbocycles. The number of ether oxygens (including phenoxy) is 1. The summed E-state index contributed by atoms with van der Waals surface area (Å²) in [7, 11) is 0. The molecule has 2 heterocycles. The van der Waals surface area contributed by atoms with Crippen molar-refractivity contribution in [3.63, 3.8) is 0 Å². The molecule has 2 fully saturated rings. The summed E-state index contributed by atoms with van der Waals surface area (Å²) in [6, 6.07) is 7.25. The van der Waals surface area contributed by atoms with Gasteiger partial charge in [0.2, 0.25) is 5.91 Å². The molecule has 7 heteroatoms. The zero-order valence-corrected chi connectivity index (χ0v) is 14.6. The van der Waals surface area contributed by atoms with E-state index in [-0.39, 0.29) is 18.4 Å². The number of anilines is 2. The highest BCUT2D eigenvalue weighted by Gasteiger charge is 2.26. The molecule has 0 unspecified atom stereocenters. The molecule has 4 rings (SSSR count). The molecule has 1 N–H and O–H groups in total. The van der Waals surface area contributed by atoms with Crippen LogP contribution in [0, 0.1) is 0 Å². The molecule has 1 saturated heterocycles. The Hall–Kier alpha value is -2.41. The van der Waals surface area contributed by atoms with E-state index in [1.165, 1.54) is 24.2 Å².